The number of fused-ring (bicyclic) bond motifs is 1. The Balaban J connectivity index is 0.00000171. The van der Waals surface area contributed by atoms with E-state index >= 15 is 9.59 Å². The third-order valence-corrected chi connectivity index (χ3v) is 19.0. The van der Waals surface area contributed by atoms with Crippen molar-refractivity contribution in [3.05, 3.63) is 64.8 Å². The van der Waals surface area contributed by atoms with Gasteiger partial charge in [-0.15, -0.1) is 0 Å². The Hall–Kier alpha value is -8.29. The van der Waals surface area contributed by atoms with E-state index < -0.39 is 167 Å². The standard InChI is InChI=1S/C62H111N11O12.C15H14O3/c1-25-27-28-40(15)52(75)51-56(79)65-43(26-2)58(81)67(18)33-48(74)68(19)44(29-34(3)4)55(78)66-49(38(11)12)61(84)69(20)45(30-35(5)6)54(77)63-41(16)53(76)64-42(17)57(80)70(21)46(31-36(7)8)59(82)71(22)47(32-37(9)10)60(83)72(23)50(39(13)14)62(85)73(51)24;1-9(2)7-8-12-13(16)10-5-3-4-6-11(10)14(17)15(12)18/h25,27,34-47,49-52,75H,26,28-33H2,1-24H3,(H,63,77)(H,64,76)(H,65,79)(H,66,78);3-7,16H,8H2,1-2H3. The molecule has 1 aliphatic heterocycles. The van der Waals surface area contributed by atoms with Gasteiger partial charge >= 0.3 is 0 Å². The summed E-state index contributed by atoms with van der Waals surface area (Å²) in [5, 5.41) is 33.2. The number of nitrogens with zero attached hydrogens (tertiary/aromatic N) is 7. The molecule has 2 aliphatic rings. The minimum atomic E-state index is -1.61. The SMILES string of the molecule is CC(C)=CCC1=C(O)c2ccccc2C(=O)C1=O.CC=CCC(C)C(O)C1C(=O)NC(CC)C(=O)N(C)CC(=O)N(C)C(CC(C)C)C(=O)NC(C(C)C)C(=O)N(C)C(CC(C)C)C(=O)NC(C)C(=O)NC(C)C(=O)N(C)C(CC(C)C)C(=O)N(C)C(CC(C)C)C(=O)N(C)C(C(C)C)C(=O)N1C. The minimum absolute atomic E-state index is 0.0229. The van der Waals surface area contributed by atoms with Crippen molar-refractivity contribution in [2.24, 2.45) is 41.4 Å². The third-order valence-electron chi connectivity index (χ3n) is 19.0. The summed E-state index contributed by atoms with van der Waals surface area (Å²) >= 11 is 0. The number of benzene rings is 1. The van der Waals surface area contributed by atoms with E-state index in [0.29, 0.717) is 12.0 Å². The number of hydrogen-bond acceptors (Lipinski definition) is 15. The average Bonchev–Trinajstić information content (AvgIpc) is 0.797. The van der Waals surface area contributed by atoms with Gasteiger partial charge in [-0.05, 0) is 121 Å². The number of aliphatic hydroxyl groups excluding tert-OH is 2. The second-order valence-electron chi connectivity index (χ2n) is 30.6. The lowest BCUT2D eigenvalue weighted by atomic mass is 9.87. The van der Waals surface area contributed by atoms with E-state index in [2.05, 4.69) is 21.3 Å². The summed E-state index contributed by atoms with van der Waals surface area (Å²) in [6.45, 7) is 33.1. The molecule has 11 amide bonds. The first-order valence-electron chi connectivity index (χ1n) is 36.3. The van der Waals surface area contributed by atoms with E-state index in [1.54, 1.807) is 78.8 Å². The maximum atomic E-state index is 15.1. The Kier molecular flexibility index (Phi) is 36.4. The largest absolute Gasteiger partial charge is 0.507 e. The molecule has 578 valence electrons. The molecule has 12 unspecified atom stereocenters. The van der Waals surface area contributed by atoms with Gasteiger partial charge in [0, 0.05) is 66.0 Å². The Bertz CT molecular complexity index is 3260. The van der Waals surface area contributed by atoms with Crippen LogP contribution in [0.3, 0.4) is 0 Å². The van der Waals surface area contributed by atoms with Gasteiger partial charge in [0.05, 0.1) is 12.6 Å². The number of ketones is 2. The molecule has 12 atom stereocenters. The van der Waals surface area contributed by atoms with Crippen LogP contribution in [0.15, 0.2) is 53.6 Å². The van der Waals surface area contributed by atoms with E-state index in [-0.39, 0.29) is 79.1 Å². The van der Waals surface area contributed by atoms with Crippen LogP contribution in [0.2, 0.25) is 0 Å². The fourth-order valence-electron chi connectivity index (χ4n) is 12.6. The van der Waals surface area contributed by atoms with Crippen molar-refractivity contribution in [2.75, 3.05) is 55.9 Å². The molecule has 26 nitrogen and oxygen atoms in total. The van der Waals surface area contributed by atoms with Crippen LogP contribution in [0, 0.1) is 41.4 Å². The summed E-state index contributed by atoms with van der Waals surface area (Å²) in [5.74, 6) is -10.9. The van der Waals surface area contributed by atoms with Crippen molar-refractivity contribution in [1.82, 2.24) is 55.6 Å². The molecule has 1 aromatic rings. The molecule has 103 heavy (non-hydrogen) atoms. The number of amides is 11. The molecule has 0 saturated carbocycles. The van der Waals surface area contributed by atoms with Crippen LogP contribution >= 0.6 is 0 Å². The number of hydrogen-bond donors (Lipinski definition) is 6. The Morgan fingerprint density at radius 2 is 0.951 bits per heavy atom. The predicted molar refractivity (Wildman–Crippen MR) is 398 cm³/mol. The summed E-state index contributed by atoms with van der Waals surface area (Å²) in [5.41, 5.74) is 1.94. The van der Waals surface area contributed by atoms with Gasteiger partial charge in [0.1, 0.15) is 66.2 Å². The maximum absolute atomic E-state index is 15.1. The molecular weight excluding hydrogens is 1320 g/mol. The highest BCUT2D eigenvalue weighted by Crippen LogP contribution is 2.31. The van der Waals surface area contributed by atoms with Gasteiger partial charge in [0.15, 0.2) is 0 Å². The lowest BCUT2D eigenvalue weighted by molar-refractivity contribution is -0.157. The van der Waals surface area contributed by atoms with Gasteiger partial charge in [-0.25, -0.2) is 0 Å². The van der Waals surface area contributed by atoms with Crippen LogP contribution in [0.1, 0.15) is 192 Å². The predicted octanol–water partition coefficient (Wildman–Crippen LogP) is 6.35. The van der Waals surface area contributed by atoms with Gasteiger partial charge in [-0.1, -0.05) is 145 Å². The van der Waals surface area contributed by atoms with Crippen LogP contribution in [-0.4, -0.2) is 243 Å². The fraction of sp³-hybridized carbons (Fsp3) is 0.675. The normalized spacial score (nSPS) is 24.7. The van der Waals surface area contributed by atoms with E-state index in [9.17, 15) is 63.0 Å². The van der Waals surface area contributed by atoms with E-state index in [4.69, 9.17) is 0 Å². The van der Waals surface area contributed by atoms with E-state index in [1.165, 1.54) is 87.7 Å². The third kappa shape index (κ3) is 25.0. The Morgan fingerprint density at radius 3 is 1.43 bits per heavy atom. The zero-order valence-electron chi connectivity index (χ0n) is 66.4. The van der Waals surface area contributed by atoms with Crippen molar-refractivity contribution in [3.63, 3.8) is 0 Å². The first kappa shape index (κ1) is 90.8. The molecule has 0 bridgehead atoms. The highest BCUT2D eigenvalue weighted by Gasteiger charge is 2.46. The zero-order chi connectivity index (χ0) is 79.3. The molecule has 6 N–H and O–H groups in total. The molecule has 1 aliphatic carbocycles. The smallest absolute Gasteiger partial charge is 0.246 e. The zero-order valence-corrected chi connectivity index (χ0v) is 66.4. The number of carbonyl (C=O) groups excluding carboxylic acids is 13. The molecule has 26 heteroatoms. The van der Waals surface area contributed by atoms with Crippen LogP contribution in [0.25, 0.3) is 5.76 Å². The maximum Gasteiger partial charge on any atom is 0.246 e. The number of carbonyl (C=O) groups is 13. The Labute approximate surface area is 612 Å². The number of allylic oxidation sites excluding steroid dienone is 5. The molecule has 1 aromatic carbocycles. The molecule has 0 aromatic heterocycles. The molecule has 0 radical (unpaired) electrons. The summed E-state index contributed by atoms with van der Waals surface area (Å²) in [6, 6.07) is -5.71. The number of Topliss-reactive ketones (excluding diaryl/α,β-unsaturated/α-hetero) is 2. The van der Waals surface area contributed by atoms with Crippen molar-refractivity contribution >= 4 is 82.3 Å². The minimum Gasteiger partial charge on any atom is -0.507 e. The average molecular weight is 1440 g/mol. The highest BCUT2D eigenvalue weighted by molar-refractivity contribution is 6.52. The second-order valence-corrected chi connectivity index (χ2v) is 30.6. The number of nitrogens with one attached hydrogen (secondary N) is 4. The van der Waals surface area contributed by atoms with Crippen LogP contribution in [-0.2, 0) is 57.5 Å². The number of likely N-dealkylation sites (N-methyl/N-ethyl adjacent to an activating group) is 7. The summed E-state index contributed by atoms with van der Waals surface area (Å²) in [6.07, 6.45) is 5.15. The highest BCUT2D eigenvalue weighted by atomic mass is 16.3. The molecule has 3 rings (SSSR count). The fourth-order valence-corrected chi connectivity index (χ4v) is 12.6. The molecule has 0 spiro atoms. The van der Waals surface area contributed by atoms with Gasteiger partial charge in [0.2, 0.25) is 76.5 Å². The van der Waals surface area contributed by atoms with Crippen molar-refractivity contribution < 1.29 is 72.5 Å². The first-order valence-corrected chi connectivity index (χ1v) is 36.3. The van der Waals surface area contributed by atoms with Gasteiger partial charge < -0.3 is 65.8 Å². The van der Waals surface area contributed by atoms with E-state index in [0.717, 1.165) is 15.4 Å². The molecular formula is C77H125N11O15. The molecule has 1 heterocycles. The van der Waals surface area contributed by atoms with Crippen LogP contribution in [0.4, 0.5) is 0 Å². The molecule has 1 saturated heterocycles. The second kappa shape index (κ2) is 41.3. The monoisotopic (exact) mass is 1440 g/mol. The quantitative estimate of drug-likeness (QED) is 0.0731. The van der Waals surface area contributed by atoms with Gasteiger partial charge in [-0.3, -0.25) is 62.3 Å². The van der Waals surface area contributed by atoms with E-state index in [1.807, 2.05) is 81.4 Å². The summed E-state index contributed by atoms with van der Waals surface area (Å²) in [7, 11) is 9.92. The lowest BCUT2D eigenvalue weighted by Gasteiger charge is -2.41. The van der Waals surface area contributed by atoms with Gasteiger partial charge in [-0.2, -0.15) is 0 Å². The van der Waals surface area contributed by atoms with Crippen LogP contribution in [0.5, 0.6) is 0 Å². The van der Waals surface area contributed by atoms with Gasteiger partial charge in [0.25, 0.3) is 0 Å². The number of rotatable bonds is 17. The van der Waals surface area contributed by atoms with Crippen LogP contribution < -0.4 is 21.3 Å². The molecule has 1 fully saturated rings. The summed E-state index contributed by atoms with van der Waals surface area (Å²) in [4.78, 5) is 192. The topological polar surface area (TPSA) is 333 Å². The van der Waals surface area contributed by atoms with Crippen molar-refractivity contribution in [1.29, 1.82) is 0 Å². The van der Waals surface area contributed by atoms with Crippen molar-refractivity contribution in [3.8, 4) is 0 Å². The summed E-state index contributed by atoms with van der Waals surface area (Å²) < 4.78 is 0. The first-order chi connectivity index (χ1) is 47.7. The lowest BCUT2D eigenvalue weighted by Crippen LogP contribution is -2.63. The van der Waals surface area contributed by atoms with Crippen molar-refractivity contribution in [2.45, 2.75) is 243 Å². The Morgan fingerprint density at radius 1 is 0.505 bits per heavy atom. The number of aliphatic hydroxyl groups is 2.